The van der Waals surface area contributed by atoms with Crippen molar-refractivity contribution in [2.45, 2.75) is 38.0 Å². The SMILES string of the molecule is N#Cc1cccc(COC2CCCC2N)c1F. The topological polar surface area (TPSA) is 59.0 Å². The van der Waals surface area contributed by atoms with Crippen LogP contribution in [0.3, 0.4) is 0 Å². The molecule has 2 unspecified atom stereocenters. The number of benzene rings is 1. The molecule has 2 N–H and O–H groups in total. The van der Waals surface area contributed by atoms with E-state index in [0.717, 1.165) is 19.3 Å². The van der Waals surface area contributed by atoms with Gasteiger partial charge in [0.2, 0.25) is 0 Å². The molecule has 0 heterocycles. The molecule has 0 aromatic heterocycles. The zero-order chi connectivity index (χ0) is 12.3. The van der Waals surface area contributed by atoms with Crippen LogP contribution in [0, 0.1) is 17.1 Å². The smallest absolute Gasteiger partial charge is 0.146 e. The van der Waals surface area contributed by atoms with Crippen molar-refractivity contribution in [3.05, 3.63) is 35.1 Å². The molecule has 1 aliphatic rings. The summed E-state index contributed by atoms with van der Waals surface area (Å²) in [5.74, 6) is -0.485. The van der Waals surface area contributed by atoms with Crippen molar-refractivity contribution in [2.24, 2.45) is 5.73 Å². The first-order chi connectivity index (χ1) is 8.22. The Kier molecular flexibility index (Phi) is 3.72. The Hall–Kier alpha value is -1.44. The Bertz CT molecular complexity index is 442. The van der Waals surface area contributed by atoms with Gasteiger partial charge in [-0.05, 0) is 25.3 Å². The minimum atomic E-state index is -0.485. The van der Waals surface area contributed by atoms with E-state index >= 15 is 0 Å². The number of halogens is 1. The predicted molar refractivity (Wildman–Crippen MR) is 61.5 cm³/mol. The van der Waals surface area contributed by atoms with Gasteiger partial charge in [0.1, 0.15) is 11.9 Å². The summed E-state index contributed by atoms with van der Waals surface area (Å²) in [6.07, 6.45) is 2.97. The molecule has 0 spiro atoms. The van der Waals surface area contributed by atoms with Gasteiger partial charge in [0.05, 0.1) is 18.3 Å². The van der Waals surface area contributed by atoms with Gasteiger partial charge in [0.15, 0.2) is 0 Å². The second-order valence-corrected chi connectivity index (χ2v) is 4.33. The van der Waals surface area contributed by atoms with E-state index in [-0.39, 0.29) is 24.3 Å². The highest BCUT2D eigenvalue weighted by atomic mass is 19.1. The quantitative estimate of drug-likeness (QED) is 0.871. The van der Waals surface area contributed by atoms with Crippen LogP contribution in [0.5, 0.6) is 0 Å². The van der Waals surface area contributed by atoms with Crippen LogP contribution in [0.4, 0.5) is 4.39 Å². The highest BCUT2D eigenvalue weighted by Crippen LogP contribution is 2.22. The number of hydrogen-bond acceptors (Lipinski definition) is 3. The maximum atomic E-state index is 13.7. The van der Waals surface area contributed by atoms with E-state index in [1.165, 1.54) is 6.07 Å². The molecule has 1 aliphatic carbocycles. The van der Waals surface area contributed by atoms with Crippen molar-refractivity contribution in [2.75, 3.05) is 0 Å². The molecule has 1 fully saturated rings. The average molecular weight is 234 g/mol. The van der Waals surface area contributed by atoms with Gasteiger partial charge in [0, 0.05) is 11.6 Å². The molecule has 0 bridgehead atoms. The molecule has 3 nitrogen and oxygen atoms in total. The third kappa shape index (κ3) is 2.63. The maximum absolute atomic E-state index is 13.7. The Balaban J connectivity index is 2.02. The van der Waals surface area contributed by atoms with Crippen molar-refractivity contribution >= 4 is 0 Å². The number of ether oxygens (including phenoxy) is 1. The number of nitrogens with zero attached hydrogens (tertiary/aromatic N) is 1. The molecule has 0 aliphatic heterocycles. The van der Waals surface area contributed by atoms with E-state index in [4.69, 9.17) is 15.7 Å². The summed E-state index contributed by atoms with van der Waals surface area (Å²) < 4.78 is 19.3. The van der Waals surface area contributed by atoms with Crippen molar-refractivity contribution in [3.8, 4) is 6.07 Å². The van der Waals surface area contributed by atoms with Gasteiger partial charge in [-0.25, -0.2) is 4.39 Å². The Morgan fingerprint density at radius 2 is 2.29 bits per heavy atom. The lowest BCUT2D eigenvalue weighted by atomic mass is 10.1. The van der Waals surface area contributed by atoms with Gasteiger partial charge in [-0.15, -0.1) is 0 Å². The number of hydrogen-bond donors (Lipinski definition) is 1. The van der Waals surface area contributed by atoms with Crippen LogP contribution in [0.2, 0.25) is 0 Å². The van der Waals surface area contributed by atoms with Crippen LogP contribution < -0.4 is 5.73 Å². The van der Waals surface area contributed by atoms with Crippen LogP contribution in [0.15, 0.2) is 18.2 Å². The molecule has 1 saturated carbocycles. The van der Waals surface area contributed by atoms with E-state index < -0.39 is 5.82 Å². The Morgan fingerprint density at radius 3 is 2.94 bits per heavy atom. The Labute approximate surface area is 100.0 Å². The van der Waals surface area contributed by atoms with E-state index in [9.17, 15) is 4.39 Å². The highest BCUT2D eigenvalue weighted by Gasteiger charge is 2.24. The summed E-state index contributed by atoms with van der Waals surface area (Å²) in [7, 11) is 0. The number of nitrogens with two attached hydrogens (primary N) is 1. The van der Waals surface area contributed by atoms with Crippen LogP contribution in [-0.2, 0) is 11.3 Å². The average Bonchev–Trinajstić information content (AvgIpc) is 2.74. The van der Waals surface area contributed by atoms with Gasteiger partial charge < -0.3 is 10.5 Å². The molecule has 0 radical (unpaired) electrons. The second-order valence-electron chi connectivity index (χ2n) is 4.33. The number of nitriles is 1. The van der Waals surface area contributed by atoms with Crippen LogP contribution >= 0.6 is 0 Å². The van der Waals surface area contributed by atoms with Crippen molar-refractivity contribution in [1.29, 1.82) is 5.26 Å². The number of rotatable bonds is 3. The third-order valence-corrected chi connectivity index (χ3v) is 3.16. The molecule has 1 aromatic rings. The van der Waals surface area contributed by atoms with Crippen LogP contribution in [0.25, 0.3) is 0 Å². The molecule has 2 rings (SSSR count). The second kappa shape index (κ2) is 5.26. The van der Waals surface area contributed by atoms with E-state index in [1.54, 1.807) is 12.1 Å². The first kappa shape index (κ1) is 12.0. The molecular formula is C13H15FN2O. The monoisotopic (exact) mass is 234 g/mol. The molecule has 1 aromatic carbocycles. The first-order valence-corrected chi connectivity index (χ1v) is 5.77. The Morgan fingerprint density at radius 1 is 1.47 bits per heavy atom. The van der Waals surface area contributed by atoms with Gasteiger partial charge in [-0.3, -0.25) is 0 Å². The molecule has 0 amide bonds. The summed E-state index contributed by atoms with van der Waals surface area (Å²) in [5, 5.41) is 8.71. The van der Waals surface area contributed by atoms with Gasteiger partial charge >= 0.3 is 0 Å². The van der Waals surface area contributed by atoms with Gasteiger partial charge in [0.25, 0.3) is 0 Å². The lowest BCUT2D eigenvalue weighted by Gasteiger charge is -2.16. The molecule has 0 saturated heterocycles. The fraction of sp³-hybridized carbons (Fsp3) is 0.462. The van der Waals surface area contributed by atoms with E-state index in [0.29, 0.717) is 5.56 Å². The fourth-order valence-corrected chi connectivity index (χ4v) is 2.14. The zero-order valence-electron chi connectivity index (χ0n) is 9.53. The minimum absolute atomic E-state index is 0.0140. The minimum Gasteiger partial charge on any atom is -0.372 e. The predicted octanol–water partition coefficient (Wildman–Crippen LogP) is 2.09. The van der Waals surface area contributed by atoms with E-state index in [2.05, 4.69) is 0 Å². The van der Waals surface area contributed by atoms with Gasteiger partial charge in [-0.2, -0.15) is 5.26 Å². The van der Waals surface area contributed by atoms with E-state index in [1.807, 2.05) is 6.07 Å². The summed E-state index contributed by atoms with van der Waals surface area (Å²) in [6.45, 7) is 0.180. The summed E-state index contributed by atoms with van der Waals surface area (Å²) in [4.78, 5) is 0. The standard InChI is InChI=1S/C13H15FN2O/c14-13-9(7-15)3-1-4-10(13)8-17-12-6-2-5-11(12)16/h1,3-4,11-12H,2,5-6,8,16H2. The molecular weight excluding hydrogens is 219 g/mol. The lowest BCUT2D eigenvalue weighted by molar-refractivity contribution is 0.0342. The molecule has 90 valence electrons. The normalized spacial score (nSPS) is 23.6. The van der Waals surface area contributed by atoms with Crippen LogP contribution in [0.1, 0.15) is 30.4 Å². The summed E-state index contributed by atoms with van der Waals surface area (Å²) >= 11 is 0. The molecule has 4 heteroatoms. The van der Waals surface area contributed by atoms with Crippen molar-refractivity contribution in [3.63, 3.8) is 0 Å². The van der Waals surface area contributed by atoms with Crippen molar-refractivity contribution in [1.82, 2.24) is 0 Å². The summed E-state index contributed by atoms with van der Waals surface area (Å²) in [5.41, 5.74) is 6.34. The van der Waals surface area contributed by atoms with Crippen molar-refractivity contribution < 1.29 is 9.13 Å². The van der Waals surface area contributed by atoms with Crippen LogP contribution in [-0.4, -0.2) is 12.1 Å². The maximum Gasteiger partial charge on any atom is 0.146 e. The lowest BCUT2D eigenvalue weighted by Crippen LogP contribution is -2.31. The zero-order valence-corrected chi connectivity index (χ0v) is 9.53. The largest absolute Gasteiger partial charge is 0.372 e. The first-order valence-electron chi connectivity index (χ1n) is 5.77. The fourth-order valence-electron chi connectivity index (χ4n) is 2.14. The molecule has 17 heavy (non-hydrogen) atoms. The van der Waals surface area contributed by atoms with Gasteiger partial charge in [-0.1, -0.05) is 12.1 Å². The highest BCUT2D eigenvalue weighted by molar-refractivity contribution is 5.34. The summed E-state index contributed by atoms with van der Waals surface area (Å²) in [6, 6.07) is 6.63. The third-order valence-electron chi connectivity index (χ3n) is 3.16. The molecule has 2 atom stereocenters.